The summed E-state index contributed by atoms with van der Waals surface area (Å²) in [5, 5.41) is 4.90. The normalized spacial score (nSPS) is 11.8. The molecule has 1 N–H and O–H groups in total. The quantitative estimate of drug-likeness (QED) is 0.709. The van der Waals surface area contributed by atoms with Gasteiger partial charge in [0.15, 0.2) is 16.8 Å². The van der Waals surface area contributed by atoms with Crippen LogP contribution in [0, 0.1) is 6.92 Å². The van der Waals surface area contributed by atoms with Crippen LogP contribution in [0.3, 0.4) is 0 Å². The van der Waals surface area contributed by atoms with Crippen molar-refractivity contribution < 1.29 is 18.7 Å². The van der Waals surface area contributed by atoms with Gasteiger partial charge in [0.2, 0.25) is 0 Å². The molecule has 1 aromatic carbocycles. The van der Waals surface area contributed by atoms with E-state index in [9.17, 15) is 9.59 Å². The number of rotatable bonds is 5. The number of amides is 1. The van der Waals surface area contributed by atoms with Gasteiger partial charge in [0, 0.05) is 5.38 Å². The van der Waals surface area contributed by atoms with Crippen molar-refractivity contribution in [2.45, 2.75) is 13.0 Å². The molecule has 0 aliphatic carbocycles. The van der Waals surface area contributed by atoms with Gasteiger partial charge in [-0.2, -0.15) is 0 Å². The summed E-state index contributed by atoms with van der Waals surface area (Å²) in [6.45, 7) is 1.84. The number of aromatic nitrogens is 1. The molecule has 0 saturated heterocycles. The molecule has 0 saturated carbocycles. The number of hydrogen-bond acceptors (Lipinski definition) is 6. The fraction of sp³-hybridized carbons (Fsp3) is 0.167. The second-order valence-corrected chi connectivity index (χ2v) is 6.15. The molecule has 7 heteroatoms. The Balaban J connectivity index is 1.80. The molecule has 0 spiro atoms. The van der Waals surface area contributed by atoms with Crippen LogP contribution in [-0.2, 0) is 9.53 Å². The summed E-state index contributed by atoms with van der Waals surface area (Å²) < 4.78 is 10.3. The fourth-order valence-electron chi connectivity index (χ4n) is 2.29. The summed E-state index contributed by atoms with van der Waals surface area (Å²) >= 11 is 1.30. The zero-order chi connectivity index (χ0) is 17.8. The molecule has 1 atom stereocenters. The minimum Gasteiger partial charge on any atom is -0.467 e. The van der Waals surface area contributed by atoms with Gasteiger partial charge in [0.25, 0.3) is 5.91 Å². The number of nitrogens with one attached hydrogen (secondary N) is 1. The summed E-state index contributed by atoms with van der Waals surface area (Å²) in [6.07, 6.45) is 0. The number of furan rings is 1. The number of thiazole rings is 1. The molecule has 1 amide bonds. The van der Waals surface area contributed by atoms with Crippen LogP contribution in [0.15, 0.2) is 52.3 Å². The minimum atomic E-state index is -0.894. The molecular weight excluding hydrogens is 340 g/mol. The third-order valence-corrected chi connectivity index (χ3v) is 4.39. The number of benzene rings is 1. The predicted octanol–water partition coefficient (Wildman–Crippen LogP) is 3.36. The van der Waals surface area contributed by atoms with Crippen LogP contribution in [0.2, 0.25) is 0 Å². The Labute approximate surface area is 148 Å². The van der Waals surface area contributed by atoms with Crippen molar-refractivity contribution in [2.75, 3.05) is 7.11 Å². The molecular formula is C18H16N2O4S. The van der Waals surface area contributed by atoms with Gasteiger partial charge in [0.1, 0.15) is 11.5 Å². The zero-order valence-electron chi connectivity index (χ0n) is 13.7. The molecule has 0 aliphatic rings. The van der Waals surface area contributed by atoms with Gasteiger partial charge < -0.3 is 14.5 Å². The van der Waals surface area contributed by atoms with Gasteiger partial charge in [-0.25, -0.2) is 9.78 Å². The molecule has 3 rings (SSSR count). The van der Waals surface area contributed by atoms with E-state index in [1.165, 1.54) is 18.4 Å². The van der Waals surface area contributed by atoms with Crippen molar-refractivity contribution in [3.8, 4) is 10.8 Å². The molecule has 0 bridgehead atoms. The van der Waals surface area contributed by atoms with Crippen LogP contribution in [0.25, 0.3) is 10.8 Å². The minimum absolute atomic E-state index is 0.221. The van der Waals surface area contributed by atoms with Crippen molar-refractivity contribution >= 4 is 23.2 Å². The topological polar surface area (TPSA) is 81.4 Å². The van der Waals surface area contributed by atoms with Crippen LogP contribution in [0.5, 0.6) is 0 Å². The second-order valence-electron chi connectivity index (χ2n) is 5.29. The Kier molecular flexibility index (Phi) is 4.95. The highest BCUT2D eigenvalue weighted by Crippen LogP contribution is 2.26. The van der Waals surface area contributed by atoms with Crippen LogP contribution >= 0.6 is 11.3 Å². The fourth-order valence-corrected chi connectivity index (χ4v) is 3.05. The molecule has 2 heterocycles. The number of nitrogens with zero attached hydrogens (tertiary/aromatic N) is 1. The lowest BCUT2D eigenvalue weighted by molar-refractivity contribution is -0.143. The van der Waals surface area contributed by atoms with Crippen molar-refractivity contribution in [3.63, 3.8) is 0 Å². The van der Waals surface area contributed by atoms with Crippen LogP contribution in [-0.4, -0.2) is 24.0 Å². The van der Waals surface area contributed by atoms with Crippen molar-refractivity contribution in [1.82, 2.24) is 10.3 Å². The molecule has 1 unspecified atom stereocenters. The first-order valence-corrected chi connectivity index (χ1v) is 8.42. The first-order valence-electron chi connectivity index (χ1n) is 7.54. The maximum Gasteiger partial charge on any atom is 0.333 e. The molecule has 2 aromatic heterocycles. The Hall–Kier alpha value is -2.93. The van der Waals surface area contributed by atoms with Crippen LogP contribution in [0.4, 0.5) is 0 Å². The SMILES string of the molecule is COC(=O)C(NC(=O)c1csc(-c2ccc(C)o2)n1)c1ccccc1. The highest BCUT2D eigenvalue weighted by atomic mass is 32.1. The first kappa shape index (κ1) is 16.9. The summed E-state index contributed by atoms with van der Waals surface area (Å²) in [6, 6.07) is 11.7. The van der Waals surface area contributed by atoms with E-state index in [0.29, 0.717) is 16.3 Å². The highest BCUT2D eigenvalue weighted by Gasteiger charge is 2.25. The smallest absolute Gasteiger partial charge is 0.333 e. The van der Waals surface area contributed by atoms with Crippen molar-refractivity contribution in [1.29, 1.82) is 0 Å². The third kappa shape index (κ3) is 3.77. The molecule has 6 nitrogen and oxygen atoms in total. The summed E-state index contributed by atoms with van der Waals surface area (Å²) in [5.41, 5.74) is 0.860. The molecule has 25 heavy (non-hydrogen) atoms. The maximum atomic E-state index is 12.5. The van der Waals surface area contributed by atoms with Crippen molar-refractivity contribution in [2.24, 2.45) is 0 Å². The number of carbonyl (C=O) groups is 2. The van der Waals surface area contributed by atoms with E-state index in [2.05, 4.69) is 10.3 Å². The largest absolute Gasteiger partial charge is 0.467 e. The Morgan fingerprint density at radius 2 is 1.96 bits per heavy atom. The number of hydrogen-bond donors (Lipinski definition) is 1. The Morgan fingerprint density at radius 3 is 2.60 bits per heavy atom. The van der Waals surface area contributed by atoms with Gasteiger partial charge in [-0.05, 0) is 24.6 Å². The standard InChI is InChI=1S/C18H16N2O4S/c1-11-8-9-14(24-11)17-19-13(10-25-17)16(21)20-15(18(22)23-2)12-6-4-3-5-7-12/h3-10,15H,1-2H3,(H,20,21). The van der Waals surface area contributed by atoms with E-state index in [0.717, 1.165) is 5.76 Å². The predicted molar refractivity (Wildman–Crippen MR) is 93.2 cm³/mol. The summed E-state index contributed by atoms with van der Waals surface area (Å²) in [7, 11) is 1.28. The van der Waals surface area contributed by atoms with E-state index < -0.39 is 17.9 Å². The lowest BCUT2D eigenvalue weighted by Crippen LogP contribution is -2.34. The van der Waals surface area contributed by atoms with E-state index in [-0.39, 0.29) is 5.69 Å². The van der Waals surface area contributed by atoms with E-state index in [1.807, 2.05) is 19.1 Å². The number of esters is 1. The third-order valence-electron chi connectivity index (χ3n) is 3.53. The van der Waals surface area contributed by atoms with Gasteiger partial charge in [0.05, 0.1) is 7.11 Å². The highest BCUT2D eigenvalue weighted by molar-refractivity contribution is 7.13. The van der Waals surface area contributed by atoms with Gasteiger partial charge in [-0.15, -0.1) is 11.3 Å². The number of methoxy groups -OCH3 is 1. The lowest BCUT2D eigenvalue weighted by atomic mass is 10.1. The maximum absolute atomic E-state index is 12.5. The zero-order valence-corrected chi connectivity index (χ0v) is 14.5. The number of aryl methyl sites for hydroxylation is 1. The van der Waals surface area contributed by atoms with Crippen LogP contribution in [0.1, 0.15) is 27.9 Å². The first-order chi connectivity index (χ1) is 12.1. The number of carbonyl (C=O) groups excluding carboxylic acids is 2. The molecule has 0 fully saturated rings. The average Bonchev–Trinajstić information content (AvgIpc) is 3.28. The number of ether oxygens (including phenoxy) is 1. The molecule has 0 radical (unpaired) electrons. The van der Waals surface area contributed by atoms with Gasteiger partial charge in [-0.1, -0.05) is 30.3 Å². The Bertz CT molecular complexity index is 885. The van der Waals surface area contributed by atoms with Crippen molar-refractivity contribution in [3.05, 3.63) is 64.9 Å². The summed E-state index contributed by atoms with van der Waals surface area (Å²) in [5.74, 6) is 0.377. The van der Waals surface area contributed by atoms with E-state index >= 15 is 0 Å². The summed E-state index contributed by atoms with van der Waals surface area (Å²) in [4.78, 5) is 28.8. The molecule has 0 aliphatic heterocycles. The van der Waals surface area contributed by atoms with Gasteiger partial charge >= 0.3 is 5.97 Å². The monoisotopic (exact) mass is 356 g/mol. The van der Waals surface area contributed by atoms with Crippen LogP contribution < -0.4 is 5.32 Å². The van der Waals surface area contributed by atoms with E-state index in [1.54, 1.807) is 35.7 Å². The van der Waals surface area contributed by atoms with E-state index in [4.69, 9.17) is 9.15 Å². The Morgan fingerprint density at radius 1 is 1.20 bits per heavy atom. The lowest BCUT2D eigenvalue weighted by Gasteiger charge is -2.16. The van der Waals surface area contributed by atoms with Gasteiger partial charge in [-0.3, -0.25) is 4.79 Å². The average molecular weight is 356 g/mol. The molecule has 128 valence electrons. The second kappa shape index (κ2) is 7.31. The molecule has 3 aromatic rings.